The molecule has 4 heterocycles. The highest BCUT2D eigenvalue weighted by molar-refractivity contribution is 7.14. The maximum atomic E-state index is 12.7. The molecule has 0 aliphatic carbocycles. The Labute approximate surface area is 154 Å². The number of rotatable bonds is 4. The van der Waals surface area contributed by atoms with Gasteiger partial charge in [0.15, 0.2) is 10.8 Å². The minimum absolute atomic E-state index is 0.209. The van der Waals surface area contributed by atoms with Crippen molar-refractivity contribution < 1.29 is 4.79 Å². The number of aromatic amines is 1. The number of H-pyrrole nitrogens is 1. The van der Waals surface area contributed by atoms with Gasteiger partial charge in [-0.05, 0) is 39.0 Å². The van der Waals surface area contributed by atoms with Crippen molar-refractivity contribution in [1.82, 2.24) is 24.7 Å². The van der Waals surface area contributed by atoms with Gasteiger partial charge in [0.05, 0.1) is 28.8 Å². The number of thiazole rings is 1. The zero-order chi connectivity index (χ0) is 18.3. The Bertz CT molecular complexity index is 1080. The topological polar surface area (TPSA) is 88.5 Å². The molecule has 1 amide bonds. The third-order valence-corrected chi connectivity index (χ3v) is 4.85. The Morgan fingerprint density at radius 1 is 1.35 bits per heavy atom. The Hall–Kier alpha value is -3.00. The number of anilines is 1. The minimum Gasteiger partial charge on any atom is -0.360 e. The van der Waals surface area contributed by atoms with Crippen molar-refractivity contribution >= 4 is 33.4 Å². The second kappa shape index (κ2) is 6.38. The molecule has 0 saturated heterocycles. The van der Waals surface area contributed by atoms with E-state index in [1.807, 2.05) is 55.2 Å². The average Bonchev–Trinajstić information content (AvgIpc) is 3.33. The molecule has 4 aromatic rings. The van der Waals surface area contributed by atoms with Crippen LogP contribution in [0, 0.1) is 6.92 Å². The lowest BCUT2D eigenvalue weighted by Gasteiger charge is -2.09. The zero-order valence-electron chi connectivity index (χ0n) is 14.6. The molecule has 0 atom stereocenters. The summed E-state index contributed by atoms with van der Waals surface area (Å²) in [5.74, 6) is -0.221. The number of carbonyl (C=O) groups is 1. The maximum absolute atomic E-state index is 12.7. The van der Waals surface area contributed by atoms with Crippen LogP contribution in [0.4, 0.5) is 5.13 Å². The summed E-state index contributed by atoms with van der Waals surface area (Å²) in [6, 6.07) is 5.89. The monoisotopic (exact) mass is 366 g/mol. The highest BCUT2D eigenvalue weighted by atomic mass is 32.1. The molecule has 0 saturated carbocycles. The number of fused-ring (bicyclic) bond motifs is 1. The summed E-state index contributed by atoms with van der Waals surface area (Å²) < 4.78 is 1.85. The van der Waals surface area contributed by atoms with Crippen LogP contribution in [0.2, 0.25) is 0 Å². The number of hydrogen-bond acceptors (Lipinski definition) is 5. The molecule has 0 spiro atoms. The van der Waals surface area contributed by atoms with Gasteiger partial charge in [0.25, 0.3) is 5.91 Å². The van der Waals surface area contributed by atoms with Crippen molar-refractivity contribution in [1.29, 1.82) is 0 Å². The molecule has 0 unspecified atom stereocenters. The Morgan fingerprint density at radius 3 is 2.92 bits per heavy atom. The van der Waals surface area contributed by atoms with E-state index in [0.717, 1.165) is 22.4 Å². The Morgan fingerprint density at radius 2 is 2.19 bits per heavy atom. The molecule has 8 heteroatoms. The highest BCUT2D eigenvalue weighted by Crippen LogP contribution is 2.25. The first-order valence-electron chi connectivity index (χ1n) is 8.28. The SMILES string of the molecule is Cc1nc2c(cnn2C(C)C)cc1C(=O)Nc1nc(-c2ccc[nH]2)cs1. The first kappa shape index (κ1) is 16.5. The molecule has 132 valence electrons. The second-order valence-electron chi connectivity index (χ2n) is 6.29. The van der Waals surface area contributed by atoms with Crippen LogP contribution in [0.5, 0.6) is 0 Å². The van der Waals surface area contributed by atoms with E-state index in [0.29, 0.717) is 16.4 Å². The van der Waals surface area contributed by atoms with Crippen LogP contribution in [0.3, 0.4) is 0 Å². The number of aryl methyl sites for hydroxylation is 1. The van der Waals surface area contributed by atoms with Gasteiger partial charge in [-0.15, -0.1) is 11.3 Å². The fourth-order valence-electron chi connectivity index (χ4n) is 2.78. The van der Waals surface area contributed by atoms with E-state index < -0.39 is 0 Å². The minimum atomic E-state index is -0.221. The number of carbonyl (C=O) groups excluding carboxylic acids is 1. The fraction of sp³-hybridized carbons (Fsp3) is 0.222. The van der Waals surface area contributed by atoms with E-state index in [2.05, 4.69) is 25.4 Å². The first-order chi connectivity index (χ1) is 12.5. The molecular weight excluding hydrogens is 348 g/mol. The molecule has 26 heavy (non-hydrogen) atoms. The predicted octanol–water partition coefficient (Wildman–Crippen LogP) is 4.02. The molecular formula is C18H18N6OS. The number of amides is 1. The van der Waals surface area contributed by atoms with E-state index in [4.69, 9.17) is 0 Å². The van der Waals surface area contributed by atoms with Crippen molar-refractivity contribution in [2.75, 3.05) is 5.32 Å². The number of nitrogens with one attached hydrogen (secondary N) is 2. The molecule has 2 N–H and O–H groups in total. The van der Waals surface area contributed by atoms with Gasteiger partial charge in [0, 0.05) is 23.0 Å². The summed E-state index contributed by atoms with van der Waals surface area (Å²) in [7, 11) is 0. The van der Waals surface area contributed by atoms with E-state index in [-0.39, 0.29) is 11.9 Å². The third kappa shape index (κ3) is 2.88. The molecule has 4 rings (SSSR count). The van der Waals surface area contributed by atoms with E-state index in [1.54, 1.807) is 6.20 Å². The van der Waals surface area contributed by atoms with Crippen LogP contribution in [0.25, 0.3) is 22.4 Å². The van der Waals surface area contributed by atoms with Gasteiger partial charge < -0.3 is 4.98 Å². The zero-order valence-corrected chi connectivity index (χ0v) is 15.5. The summed E-state index contributed by atoms with van der Waals surface area (Å²) in [4.78, 5) is 24.8. The van der Waals surface area contributed by atoms with E-state index in [9.17, 15) is 4.79 Å². The van der Waals surface area contributed by atoms with Crippen LogP contribution < -0.4 is 5.32 Å². The van der Waals surface area contributed by atoms with Crippen LogP contribution in [-0.2, 0) is 0 Å². The van der Waals surface area contributed by atoms with Crippen LogP contribution in [-0.4, -0.2) is 30.6 Å². The lowest BCUT2D eigenvalue weighted by molar-refractivity contribution is 0.102. The maximum Gasteiger partial charge on any atom is 0.259 e. The Kier molecular flexibility index (Phi) is 4.04. The van der Waals surface area contributed by atoms with Crippen LogP contribution in [0.15, 0.2) is 36.0 Å². The molecule has 0 aliphatic rings. The second-order valence-corrected chi connectivity index (χ2v) is 7.15. The molecule has 0 fully saturated rings. The standard InChI is InChI=1S/C18H18N6OS/c1-10(2)24-16-12(8-20-24)7-13(11(3)21-16)17(25)23-18-22-15(9-26-18)14-5-4-6-19-14/h4-10,19H,1-3H3,(H,22,23,25). The molecule has 0 aliphatic heterocycles. The molecule has 0 aromatic carbocycles. The van der Waals surface area contributed by atoms with E-state index >= 15 is 0 Å². The van der Waals surface area contributed by atoms with Gasteiger partial charge >= 0.3 is 0 Å². The van der Waals surface area contributed by atoms with Gasteiger partial charge in [-0.2, -0.15) is 5.10 Å². The van der Waals surface area contributed by atoms with Gasteiger partial charge in [0.1, 0.15) is 0 Å². The molecule has 0 bridgehead atoms. The molecule has 0 radical (unpaired) electrons. The average molecular weight is 366 g/mol. The van der Waals surface area contributed by atoms with E-state index in [1.165, 1.54) is 11.3 Å². The van der Waals surface area contributed by atoms with Crippen LogP contribution >= 0.6 is 11.3 Å². The lowest BCUT2D eigenvalue weighted by atomic mass is 10.1. The van der Waals surface area contributed by atoms with Crippen LogP contribution in [0.1, 0.15) is 35.9 Å². The summed E-state index contributed by atoms with van der Waals surface area (Å²) >= 11 is 1.39. The summed E-state index contributed by atoms with van der Waals surface area (Å²) in [6.45, 7) is 5.93. The normalized spacial score (nSPS) is 11.4. The summed E-state index contributed by atoms with van der Waals surface area (Å²) in [5, 5.41) is 10.5. The predicted molar refractivity (Wildman–Crippen MR) is 103 cm³/mol. The number of pyridine rings is 1. The van der Waals surface area contributed by atoms with Crippen molar-refractivity contribution in [3.8, 4) is 11.4 Å². The highest BCUT2D eigenvalue weighted by Gasteiger charge is 2.16. The van der Waals surface area contributed by atoms with Gasteiger partial charge in [-0.3, -0.25) is 10.1 Å². The van der Waals surface area contributed by atoms with Gasteiger partial charge in [-0.1, -0.05) is 0 Å². The molecule has 7 nitrogen and oxygen atoms in total. The van der Waals surface area contributed by atoms with Crippen molar-refractivity contribution in [3.05, 3.63) is 47.2 Å². The smallest absolute Gasteiger partial charge is 0.259 e. The van der Waals surface area contributed by atoms with Gasteiger partial charge in [0.2, 0.25) is 0 Å². The van der Waals surface area contributed by atoms with Crippen molar-refractivity contribution in [2.45, 2.75) is 26.8 Å². The Balaban J connectivity index is 1.61. The van der Waals surface area contributed by atoms with Crippen molar-refractivity contribution in [2.24, 2.45) is 0 Å². The summed E-state index contributed by atoms with van der Waals surface area (Å²) in [5.41, 5.74) is 3.70. The van der Waals surface area contributed by atoms with Crippen molar-refractivity contribution in [3.63, 3.8) is 0 Å². The van der Waals surface area contributed by atoms with Gasteiger partial charge in [-0.25, -0.2) is 14.6 Å². The quantitative estimate of drug-likeness (QED) is 0.571. The number of hydrogen-bond donors (Lipinski definition) is 2. The fourth-order valence-corrected chi connectivity index (χ4v) is 3.49. The number of nitrogens with zero attached hydrogens (tertiary/aromatic N) is 4. The largest absolute Gasteiger partial charge is 0.360 e. The lowest BCUT2D eigenvalue weighted by Crippen LogP contribution is -2.14. The third-order valence-electron chi connectivity index (χ3n) is 4.09. The first-order valence-corrected chi connectivity index (χ1v) is 9.16. The summed E-state index contributed by atoms with van der Waals surface area (Å²) in [6.07, 6.45) is 3.58. The number of aromatic nitrogens is 5. The molecule has 4 aromatic heterocycles.